The van der Waals surface area contributed by atoms with Crippen molar-refractivity contribution in [2.75, 3.05) is 11.9 Å². The zero-order valence-corrected chi connectivity index (χ0v) is 8.09. The SMILES string of the molecule is CCC1(CNc2ccccn2)CC1. The highest BCUT2D eigenvalue weighted by Gasteiger charge is 2.40. The van der Waals surface area contributed by atoms with Crippen LogP contribution in [0, 0.1) is 5.41 Å². The summed E-state index contributed by atoms with van der Waals surface area (Å²) in [6, 6.07) is 5.98. The zero-order valence-electron chi connectivity index (χ0n) is 8.09. The van der Waals surface area contributed by atoms with Crippen LogP contribution in [0.4, 0.5) is 5.82 Å². The summed E-state index contributed by atoms with van der Waals surface area (Å²) in [5.74, 6) is 1.00. The monoisotopic (exact) mass is 176 g/mol. The van der Waals surface area contributed by atoms with Crippen molar-refractivity contribution in [3.8, 4) is 0 Å². The summed E-state index contributed by atoms with van der Waals surface area (Å²) < 4.78 is 0. The van der Waals surface area contributed by atoms with Crippen LogP contribution in [0.15, 0.2) is 24.4 Å². The lowest BCUT2D eigenvalue weighted by Gasteiger charge is -2.13. The van der Waals surface area contributed by atoms with Crippen molar-refractivity contribution in [2.45, 2.75) is 26.2 Å². The van der Waals surface area contributed by atoms with Gasteiger partial charge in [-0.25, -0.2) is 4.98 Å². The molecule has 0 aliphatic heterocycles. The van der Waals surface area contributed by atoms with Gasteiger partial charge in [-0.05, 0) is 36.8 Å². The quantitative estimate of drug-likeness (QED) is 0.763. The van der Waals surface area contributed by atoms with Crippen LogP contribution >= 0.6 is 0 Å². The maximum Gasteiger partial charge on any atom is 0.125 e. The van der Waals surface area contributed by atoms with Gasteiger partial charge in [0.15, 0.2) is 0 Å². The predicted octanol–water partition coefficient (Wildman–Crippen LogP) is 2.68. The first kappa shape index (κ1) is 8.54. The van der Waals surface area contributed by atoms with Crippen LogP contribution < -0.4 is 5.32 Å². The van der Waals surface area contributed by atoms with Gasteiger partial charge in [0.1, 0.15) is 5.82 Å². The van der Waals surface area contributed by atoms with E-state index >= 15 is 0 Å². The van der Waals surface area contributed by atoms with E-state index in [0.717, 1.165) is 12.4 Å². The topological polar surface area (TPSA) is 24.9 Å². The lowest BCUT2D eigenvalue weighted by molar-refractivity contribution is 0.521. The van der Waals surface area contributed by atoms with Crippen LogP contribution in [-0.2, 0) is 0 Å². The van der Waals surface area contributed by atoms with E-state index in [2.05, 4.69) is 17.2 Å². The second-order valence-electron chi connectivity index (χ2n) is 3.92. The van der Waals surface area contributed by atoms with Crippen LogP contribution in [0.2, 0.25) is 0 Å². The largest absolute Gasteiger partial charge is 0.370 e. The minimum atomic E-state index is 0.595. The van der Waals surface area contributed by atoms with Gasteiger partial charge in [-0.3, -0.25) is 0 Å². The van der Waals surface area contributed by atoms with Gasteiger partial charge in [0.2, 0.25) is 0 Å². The summed E-state index contributed by atoms with van der Waals surface area (Å²) in [5, 5.41) is 3.39. The van der Waals surface area contributed by atoms with Crippen molar-refractivity contribution in [2.24, 2.45) is 5.41 Å². The Labute approximate surface area is 79.4 Å². The fraction of sp³-hybridized carbons (Fsp3) is 0.545. The molecule has 2 rings (SSSR count). The first-order valence-electron chi connectivity index (χ1n) is 5.00. The van der Waals surface area contributed by atoms with Gasteiger partial charge in [-0.2, -0.15) is 0 Å². The Hall–Kier alpha value is -1.05. The van der Waals surface area contributed by atoms with E-state index in [1.54, 1.807) is 0 Å². The number of nitrogens with one attached hydrogen (secondary N) is 1. The summed E-state index contributed by atoms with van der Waals surface area (Å²) in [6.07, 6.45) is 5.87. The van der Waals surface area contributed by atoms with Crippen molar-refractivity contribution in [1.29, 1.82) is 0 Å². The molecular weight excluding hydrogens is 160 g/mol. The van der Waals surface area contributed by atoms with Crippen LogP contribution in [0.5, 0.6) is 0 Å². The summed E-state index contributed by atoms with van der Waals surface area (Å²) in [6.45, 7) is 3.35. The fourth-order valence-electron chi connectivity index (χ4n) is 1.58. The Bertz CT molecular complexity index is 265. The highest BCUT2D eigenvalue weighted by molar-refractivity contribution is 5.33. The third kappa shape index (κ3) is 2.00. The Balaban J connectivity index is 1.86. The Morgan fingerprint density at radius 3 is 2.85 bits per heavy atom. The van der Waals surface area contributed by atoms with Crippen molar-refractivity contribution in [1.82, 2.24) is 4.98 Å². The van der Waals surface area contributed by atoms with E-state index in [4.69, 9.17) is 0 Å². The second-order valence-corrected chi connectivity index (χ2v) is 3.92. The summed E-state index contributed by atoms with van der Waals surface area (Å²) in [4.78, 5) is 4.23. The second kappa shape index (κ2) is 3.36. The van der Waals surface area contributed by atoms with Gasteiger partial charge < -0.3 is 5.32 Å². The maximum atomic E-state index is 4.23. The van der Waals surface area contributed by atoms with Gasteiger partial charge in [0, 0.05) is 12.7 Å². The van der Waals surface area contributed by atoms with Gasteiger partial charge in [0.25, 0.3) is 0 Å². The number of nitrogens with zero attached hydrogens (tertiary/aromatic N) is 1. The normalized spacial score (nSPS) is 18.2. The van der Waals surface area contributed by atoms with Gasteiger partial charge in [-0.1, -0.05) is 13.0 Å². The molecular formula is C11H16N2. The van der Waals surface area contributed by atoms with E-state index in [-0.39, 0.29) is 0 Å². The average Bonchev–Trinajstić information content (AvgIpc) is 2.97. The predicted molar refractivity (Wildman–Crippen MR) is 54.7 cm³/mol. The molecule has 1 saturated carbocycles. The molecule has 0 radical (unpaired) electrons. The van der Waals surface area contributed by atoms with Crippen LogP contribution in [0.3, 0.4) is 0 Å². The van der Waals surface area contributed by atoms with Crippen molar-refractivity contribution >= 4 is 5.82 Å². The fourth-order valence-corrected chi connectivity index (χ4v) is 1.58. The minimum absolute atomic E-state index is 0.595. The molecule has 0 saturated heterocycles. The molecule has 13 heavy (non-hydrogen) atoms. The van der Waals surface area contributed by atoms with E-state index in [9.17, 15) is 0 Å². The molecule has 0 spiro atoms. The lowest BCUT2D eigenvalue weighted by Crippen LogP contribution is -2.14. The minimum Gasteiger partial charge on any atom is -0.370 e. The number of hydrogen-bond acceptors (Lipinski definition) is 2. The molecule has 0 unspecified atom stereocenters. The van der Waals surface area contributed by atoms with Crippen molar-refractivity contribution in [3.05, 3.63) is 24.4 Å². The Kier molecular flexibility index (Phi) is 2.21. The van der Waals surface area contributed by atoms with E-state index in [0.29, 0.717) is 5.41 Å². The van der Waals surface area contributed by atoms with Crippen LogP contribution in [0.25, 0.3) is 0 Å². The molecule has 2 nitrogen and oxygen atoms in total. The molecule has 1 fully saturated rings. The maximum absolute atomic E-state index is 4.23. The van der Waals surface area contributed by atoms with E-state index < -0.39 is 0 Å². The molecule has 1 heterocycles. The Morgan fingerprint density at radius 2 is 2.31 bits per heavy atom. The van der Waals surface area contributed by atoms with Gasteiger partial charge >= 0.3 is 0 Å². The van der Waals surface area contributed by atoms with E-state index in [1.165, 1.54) is 19.3 Å². The standard InChI is InChI=1S/C11H16N2/c1-2-11(6-7-11)9-13-10-5-3-4-8-12-10/h3-5,8H,2,6-7,9H2,1H3,(H,12,13). The van der Waals surface area contributed by atoms with Crippen molar-refractivity contribution in [3.63, 3.8) is 0 Å². The molecule has 1 aromatic rings. The average molecular weight is 176 g/mol. The number of anilines is 1. The molecule has 0 amide bonds. The summed E-state index contributed by atoms with van der Waals surface area (Å²) in [5.41, 5.74) is 0.595. The number of aromatic nitrogens is 1. The number of rotatable bonds is 4. The number of pyridine rings is 1. The number of hydrogen-bond donors (Lipinski definition) is 1. The van der Waals surface area contributed by atoms with Gasteiger partial charge in [0.05, 0.1) is 0 Å². The Morgan fingerprint density at radius 1 is 1.46 bits per heavy atom. The lowest BCUT2D eigenvalue weighted by atomic mass is 10.0. The molecule has 70 valence electrons. The molecule has 2 heteroatoms. The summed E-state index contributed by atoms with van der Waals surface area (Å²) >= 11 is 0. The summed E-state index contributed by atoms with van der Waals surface area (Å²) in [7, 11) is 0. The van der Waals surface area contributed by atoms with Crippen LogP contribution in [-0.4, -0.2) is 11.5 Å². The highest BCUT2D eigenvalue weighted by Crippen LogP contribution is 2.48. The molecule has 1 N–H and O–H groups in total. The highest BCUT2D eigenvalue weighted by atomic mass is 15.0. The molecule has 1 aliphatic carbocycles. The van der Waals surface area contributed by atoms with Gasteiger partial charge in [-0.15, -0.1) is 0 Å². The molecule has 0 aromatic carbocycles. The third-order valence-corrected chi connectivity index (χ3v) is 3.02. The first-order chi connectivity index (χ1) is 6.35. The molecule has 0 bridgehead atoms. The molecule has 1 aromatic heterocycles. The smallest absolute Gasteiger partial charge is 0.125 e. The van der Waals surface area contributed by atoms with Crippen LogP contribution in [0.1, 0.15) is 26.2 Å². The van der Waals surface area contributed by atoms with Crippen molar-refractivity contribution < 1.29 is 0 Å². The first-order valence-corrected chi connectivity index (χ1v) is 5.00. The third-order valence-electron chi connectivity index (χ3n) is 3.02. The van der Waals surface area contributed by atoms with E-state index in [1.807, 2.05) is 24.4 Å². The zero-order chi connectivity index (χ0) is 9.15. The molecule has 0 atom stereocenters. The molecule has 1 aliphatic rings.